The second kappa shape index (κ2) is 7.61. The number of carbonyl (C=O) groups is 2. The first-order valence-electron chi connectivity index (χ1n) is 5.89. The molecule has 7 heteroatoms. The lowest BCUT2D eigenvalue weighted by Crippen LogP contribution is -3.00. The number of hydrogen-bond donors (Lipinski definition) is 2. The van der Waals surface area contributed by atoms with Gasteiger partial charge in [0.15, 0.2) is 12.4 Å². The number of amides is 2. The summed E-state index contributed by atoms with van der Waals surface area (Å²) in [5.74, 6) is -0.739. The molecule has 2 rings (SSSR count). The molecule has 3 N–H and O–H groups in total. The van der Waals surface area contributed by atoms with Crippen molar-refractivity contribution in [3.8, 4) is 0 Å². The summed E-state index contributed by atoms with van der Waals surface area (Å²) in [7, 11) is 0. The number of primary amides is 1. The first kappa shape index (κ1) is 16.9. The Morgan fingerprint density at radius 2 is 1.86 bits per heavy atom. The van der Waals surface area contributed by atoms with Gasteiger partial charge in [0.05, 0.1) is 0 Å². The number of anilines is 1. The number of halogens is 2. The quantitative estimate of drug-likeness (QED) is 0.662. The highest BCUT2D eigenvalue weighted by molar-refractivity contribution is 6.30. The van der Waals surface area contributed by atoms with E-state index in [2.05, 4.69) is 5.32 Å². The predicted octanol–water partition coefficient (Wildman–Crippen LogP) is -1.63. The average molecular weight is 326 g/mol. The molecule has 0 atom stereocenters. The number of benzene rings is 1. The van der Waals surface area contributed by atoms with Crippen molar-refractivity contribution in [2.24, 2.45) is 5.73 Å². The highest BCUT2D eigenvalue weighted by Crippen LogP contribution is 2.14. The molecule has 0 radical (unpaired) electrons. The molecule has 2 aromatic rings. The van der Waals surface area contributed by atoms with E-state index >= 15 is 0 Å². The molecule has 0 saturated heterocycles. The standard InChI is InChI=1S/C14H12ClN3O2.ClH/c15-11-3-5-12(6-4-11)17-14(20)10-2-1-7-18(8-10)9-13(16)19;/h1-8H,9H2,(H2-,16,17,19,20);1H. The van der Waals surface area contributed by atoms with Crippen molar-refractivity contribution in [3.63, 3.8) is 0 Å². The van der Waals surface area contributed by atoms with E-state index in [9.17, 15) is 9.59 Å². The topological polar surface area (TPSA) is 76.1 Å². The fourth-order valence-corrected chi connectivity index (χ4v) is 1.80. The Morgan fingerprint density at radius 3 is 2.48 bits per heavy atom. The maximum atomic E-state index is 12.1. The second-order valence-corrected chi connectivity index (χ2v) is 4.63. The van der Waals surface area contributed by atoms with Crippen molar-refractivity contribution in [2.75, 3.05) is 5.32 Å². The van der Waals surface area contributed by atoms with E-state index < -0.39 is 5.91 Å². The molecule has 0 fully saturated rings. The summed E-state index contributed by atoms with van der Waals surface area (Å²) in [5.41, 5.74) is 6.19. The molecular formula is C14H13Cl2N3O2. The third-order valence-corrected chi connectivity index (χ3v) is 2.81. The zero-order valence-electron chi connectivity index (χ0n) is 10.9. The fourth-order valence-electron chi connectivity index (χ4n) is 1.67. The molecule has 0 saturated carbocycles. The molecule has 21 heavy (non-hydrogen) atoms. The average Bonchev–Trinajstić information content (AvgIpc) is 2.41. The Balaban J connectivity index is 0.00000220. The number of carbonyl (C=O) groups excluding carboxylic acids is 2. The first-order chi connectivity index (χ1) is 9.54. The van der Waals surface area contributed by atoms with Gasteiger partial charge >= 0.3 is 0 Å². The molecule has 1 aromatic carbocycles. The molecule has 2 amide bonds. The number of pyridine rings is 1. The Hall–Kier alpha value is -2.11. The van der Waals surface area contributed by atoms with Gasteiger partial charge in [-0.05, 0) is 30.3 Å². The lowest BCUT2D eigenvalue weighted by Gasteiger charge is -2.04. The van der Waals surface area contributed by atoms with E-state index in [4.69, 9.17) is 17.3 Å². The van der Waals surface area contributed by atoms with Crippen LogP contribution < -0.4 is 28.0 Å². The first-order valence-corrected chi connectivity index (χ1v) is 6.27. The molecule has 0 bridgehead atoms. The van der Waals surface area contributed by atoms with Crippen LogP contribution in [0.25, 0.3) is 0 Å². The fraction of sp³-hybridized carbons (Fsp3) is 0.0714. The highest BCUT2D eigenvalue weighted by atomic mass is 35.5. The van der Waals surface area contributed by atoms with Gasteiger partial charge in [-0.1, -0.05) is 11.6 Å². The smallest absolute Gasteiger partial charge is 0.283 e. The van der Waals surface area contributed by atoms with Crippen LogP contribution in [0, 0.1) is 0 Å². The highest BCUT2D eigenvalue weighted by Gasteiger charge is 2.12. The summed E-state index contributed by atoms with van der Waals surface area (Å²) in [6.45, 7) is 0.0298. The number of nitrogens with two attached hydrogens (primary N) is 1. The van der Waals surface area contributed by atoms with E-state index in [1.807, 2.05) is 0 Å². The predicted molar refractivity (Wildman–Crippen MR) is 75.2 cm³/mol. The van der Waals surface area contributed by atoms with E-state index in [0.717, 1.165) is 0 Å². The summed E-state index contributed by atoms with van der Waals surface area (Å²) in [4.78, 5) is 22.9. The third kappa shape index (κ3) is 5.06. The SMILES string of the molecule is NC(=O)C[n+]1cccc(C(=O)Nc2ccc(Cl)cc2)c1.[Cl-]. The van der Waals surface area contributed by atoms with Crippen LogP contribution in [0.1, 0.15) is 10.4 Å². The molecule has 0 aliphatic carbocycles. The lowest BCUT2D eigenvalue weighted by atomic mass is 10.2. The van der Waals surface area contributed by atoms with Gasteiger partial charge in [0, 0.05) is 16.8 Å². The van der Waals surface area contributed by atoms with Gasteiger partial charge in [-0.25, -0.2) is 0 Å². The molecule has 0 aliphatic rings. The van der Waals surface area contributed by atoms with Gasteiger partial charge in [-0.15, -0.1) is 0 Å². The number of nitrogens with zero attached hydrogens (tertiary/aromatic N) is 1. The number of aromatic nitrogens is 1. The van der Waals surface area contributed by atoms with Crippen LogP contribution in [-0.2, 0) is 11.3 Å². The zero-order valence-corrected chi connectivity index (χ0v) is 12.4. The van der Waals surface area contributed by atoms with Crippen molar-refractivity contribution in [2.45, 2.75) is 6.54 Å². The summed E-state index contributed by atoms with van der Waals surface area (Å²) in [6, 6.07) is 10.1. The molecule has 110 valence electrons. The third-order valence-electron chi connectivity index (χ3n) is 2.56. The minimum atomic E-state index is -0.467. The molecule has 0 unspecified atom stereocenters. The summed E-state index contributed by atoms with van der Waals surface area (Å²) < 4.78 is 1.55. The summed E-state index contributed by atoms with van der Waals surface area (Å²) >= 11 is 5.77. The van der Waals surface area contributed by atoms with Gasteiger partial charge in [0.25, 0.3) is 11.8 Å². The van der Waals surface area contributed by atoms with Crippen molar-refractivity contribution < 1.29 is 26.6 Å². The molecular weight excluding hydrogens is 313 g/mol. The van der Waals surface area contributed by atoms with Gasteiger partial charge in [0.1, 0.15) is 5.56 Å². The Kier molecular flexibility index (Phi) is 6.14. The van der Waals surface area contributed by atoms with Crippen LogP contribution in [0.2, 0.25) is 5.02 Å². The van der Waals surface area contributed by atoms with Crippen molar-refractivity contribution in [3.05, 3.63) is 59.4 Å². The maximum absolute atomic E-state index is 12.1. The van der Waals surface area contributed by atoms with Gasteiger partial charge in [-0.2, -0.15) is 4.57 Å². The molecule has 0 aliphatic heterocycles. The largest absolute Gasteiger partial charge is 1.00 e. The van der Waals surface area contributed by atoms with Crippen LogP contribution in [0.5, 0.6) is 0 Å². The Labute approximate surface area is 133 Å². The summed E-state index contributed by atoms with van der Waals surface area (Å²) in [6.07, 6.45) is 3.24. The number of nitrogens with one attached hydrogen (secondary N) is 1. The van der Waals surface area contributed by atoms with E-state index in [-0.39, 0.29) is 24.9 Å². The monoisotopic (exact) mass is 325 g/mol. The van der Waals surface area contributed by atoms with Crippen LogP contribution in [0.3, 0.4) is 0 Å². The van der Waals surface area contributed by atoms with Crippen molar-refractivity contribution in [1.82, 2.24) is 0 Å². The van der Waals surface area contributed by atoms with E-state index in [1.54, 1.807) is 53.4 Å². The van der Waals surface area contributed by atoms with Gasteiger partial charge < -0.3 is 23.5 Å². The Morgan fingerprint density at radius 1 is 1.19 bits per heavy atom. The van der Waals surface area contributed by atoms with E-state index in [0.29, 0.717) is 16.3 Å². The van der Waals surface area contributed by atoms with Crippen LogP contribution >= 0.6 is 11.6 Å². The van der Waals surface area contributed by atoms with Crippen molar-refractivity contribution in [1.29, 1.82) is 0 Å². The van der Waals surface area contributed by atoms with Gasteiger partial charge in [0.2, 0.25) is 6.54 Å². The molecule has 1 heterocycles. The molecule has 5 nitrogen and oxygen atoms in total. The van der Waals surface area contributed by atoms with E-state index in [1.165, 1.54) is 0 Å². The lowest BCUT2D eigenvalue weighted by molar-refractivity contribution is -0.684. The number of hydrogen-bond acceptors (Lipinski definition) is 2. The second-order valence-electron chi connectivity index (χ2n) is 4.19. The molecule has 1 aromatic heterocycles. The minimum absolute atomic E-state index is 0. The zero-order chi connectivity index (χ0) is 14.5. The Bertz CT molecular complexity index is 645. The van der Waals surface area contributed by atoms with Crippen LogP contribution in [-0.4, -0.2) is 11.8 Å². The molecule has 0 spiro atoms. The maximum Gasteiger partial charge on any atom is 0.283 e. The van der Waals surface area contributed by atoms with Crippen LogP contribution in [0.4, 0.5) is 5.69 Å². The van der Waals surface area contributed by atoms with Gasteiger partial charge in [-0.3, -0.25) is 9.59 Å². The van der Waals surface area contributed by atoms with Crippen LogP contribution in [0.15, 0.2) is 48.8 Å². The summed E-state index contributed by atoms with van der Waals surface area (Å²) in [5, 5.41) is 3.34. The number of rotatable bonds is 4. The normalized spacial score (nSPS) is 9.57. The van der Waals surface area contributed by atoms with Crippen molar-refractivity contribution >= 4 is 29.1 Å². The minimum Gasteiger partial charge on any atom is -1.00 e.